The van der Waals surface area contributed by atoms with Gasteiger partial charge in [-0.05, 0) is 52.7 Å². The van der Waals surface area contributed by atoms with Crippen LogP contribution in [0.3, 0.4) is 0 Å². The number of benzene rings is 1. The largest absolute Gasteiger partial charge is 0.352 e. The number of carbonyl (C=O) groups excluding carboxylic acids is 3. The fourth-order valence-electron chi connectivity index (χ4n) is 4.43. The molecular weight excluding hydrogens is 416 g/mol. The number of halogens is 1. The van der Waals surface area contributed by atoms with Crippen LogP contribution in [-0.4, -0.2) is 71.3 Å². The second-order valence-corrected chi connectivity index (χ2v) is 9.74. The van der Waals surface area contributed by atoms with E-state index in [0.717, 1.165) is 5.69 Å². The lowest BCUT2D eigenvalue weighted by Gasteiger charge is -2.44. The Morgan fingerprint density at radius 3 is 2.32 bits per heavy atom. The number of nitrogens with zero attached hydrogens (tertiary/aromatic N) is 3. The van der Waals surface area contributed by atoms with E-state index in [1.165, 1.54) is 0 Å². The molecule has 0 saturated carbocycles. The van der Waals surface area contributed by atoms with E-state index in [4.69, 9.17) is 11.6 Å². The SMILES string of the molecule is CC(C)NC(=O)CN1CN(c2ccccc2)C2(CCN(C(=O)C(C)(C)CCl)CC2)C1=O. The monoisotopic (exact) mass is 448 g/mol. The maximum absolute atomic E-state index is 13.6. The minimum Gasteiger partial charge on any atom is -0.352 e. The second-order valence-electron chi connectivity index (χ2n) is 9.47. The highest BCUT2D eigenvalue weighted by atomic mass is 35.5. The molecule has 1 aromatic carbocycles. The van der Waals surface area contributed by atoms with E-state index >= 15 is 0 Å². The zero-order chi connectivity index (χ0) is 22.8. The predicted molar refractivity (Wildman–Crippen MR) is 122 cm³/mol. The van der Waals surface area contributed by atoms with Crippen molar-refractivity contribution in [3.63, 3.8) is 0 Å². The van der Waals surface area contributed by atoms with Crippen LogP contribution in [0.25, 0.3) is 0 Å². The van der Waals surface area contributed by atoms with Crippen molar-refractivity contribution in [2.24, 2.45) is 5.41 Å². The smallest absolute Gasteiger partial charge is 0.250 e. The van der Waals surface area contributed by atoms with Gasteiger partial charge in [-0.15, -0.1) is 11.6 Å². The van der Waals surface area contributed by atoms with Crippen molar-refractivity contribution in [2.75, 3.05) is 37.1 Å². The van der Waals surface area contributed by atoms with E-state index in [9.17, 15) is 14.4 Å². The topological polar surface area (TPSA) is 73.0 Å². The number of alkyl halides is 1. The van der Waals surface area contributed by atoms with E-state index < -0.39 is 11.0 Å². The maximum atomic E-state index is 13.6. The number of para-hydroxylation sites is 1. The van der Waals surface area contributed by atoms with Gasteiger partial charge in [0.05, 0.1) is 12.1 Å². The molecule has 170 valence electrons. The summed E-state index contributed by atoms with van der Waals surface area (Å²) in [5.74, 6) is 0.0625. The molecule has 0 aliphatic carbocycles. The lowest BCUT2D eigenvalue weighted by Crippen LogP contribution is -2.58. The molecule has 0 aromatic heterocycles. The van der Waals surface area contributed by atoms with Crippen LogP contribution in [0.5, 0.6) is 0 Å². The number of hydrogen-bond donors (Lipinski definition) is 1. The molecule has 7 nitrogen and oxygen atoms in total. The van der Waals surface area contributed by atoms with Gasteiger partial charge in [-0.3, -0.25) is 14.4 Å². The van der Waals surface area contributed by atoms with Crippen molar-refractivity contribution in [2.45, 2.75) is 52.1 Å². The molecule has 2 heterocycles. The first-order valence-corrected chi connectivity index (χ1v) is 11.4. The van der Waals surface area contributed by atoms with Crippen LogP contribution in [-0.2, 0) is 14.4 Å². The molecule has 0 radical (unpaired) electrons. The Morgan fingerprint density at radius 2 is 1.77 bits per heavy atom. The van der Waals surface area contributed by atoms with Gasteiger partial charge in [0, 0.05) is 30.7 Å². The van der Waals surface area contributed by atoms with Crippen molar-refractivity contribution >= 4 is 35.0 Å². The molecule has 2 fully saturated rings. The van der Waals surface area contributed by atoms with Gasteiger partial charge in [-0.25, -0.2) is 0 Å². The van der Waals surface area contributed by atoms with Crippen LogP contribution in [0.1, 0.15) is 40.5 Å². The van der Waals surface area contributed by atoms with Gasteiger partial charge >= 0.3 is 0 Å². The van der Waals surface area contributed by atoms with Gasteiger partial charge in [0.25, 0.3) is 5.91 Å². The number of anilines is 1. The number of hydrogen-bond acceptors (Lipinski definition) is 4. The zero-order valence-electron chi connectivity index (χ0n) is 18.9. The third kappa shape index (κ3) is 4.66. The summed E-state index contributed by atoms with van der Waals surface area (Å²) in [5.41, 5.74) is -0.434. The highest BCUT2D eigenvalue weighted by Crippen LogP contribution is 2.40. The molecule has 2 saturated heterocycles. The quantitative estimate of drug-likeness (QED) is 0.678. The molecule has 0 bridgehead atoms. The molecule has 0 atom stereocenters. The number of likely N-dealkylation sites (tertiary alicyclic amines) is 1. The number of piperidine rings is 1. The first-order chi connectivity index (χ1) is 14.6. The summed E-state index contributed by atoms with van der Waals surface area (Å²) >= 11 is 6.00. The van der Waals surface area contributed by atoms with Crippen molar-refractivity contribution < 1.29 is 14.4 Å². The van der Waals surface area contributed by atoms with E-state index in [0.29, 0.717) is 32.6 Å². The Balaban J connectivity index is 1.83. The summed E-state index contributed by atoms with van der Waals surface area (Å²) in [6, 6.07) is 9.83. The summed E-state index contributed by atoms with van der Waals surface area (Å²) < 4.78 is 0. The predicted octanol–water partition coefficient (Wildman–Crippen LogP) is 2.44. The first-order valence-electron chi connectivity index (χ1n) is 10.9. The van der Waals surface area contributed by atoms with Gasteiger partial charge in [0.2, 0.25) is 11.8 Å². The van der Waals surface area contributed by atoms with Crippen molar-refractivity contribution in [3.05, 3.63) is 30.3 Å². The van der Waals surface area contributed by atoms with Crippen LogP contribution >= 0.6 is 11.6 Å². The van der Waals surface area contributed by atoms with Gasteiger partial charge in [0.1, 0.15) is 12.1 Å². The average molecular weight is 449 g/mol. The van der Waals surface area contributed by atoms with Crippen molar-refractivity contribution in [1.82, 2.24) is 15.1 Å². The molecule has 0 unspecified atom stereocenters. The van der Waals surface area contributed by atoms with E-state index in [1.807, 2.05) is 62.9 Å². The third-order valence-corrected chi connectivity index (χ3v) is 6.83. The maximum Gasteiger partial charge on any atom is 0.250 e. The minimum absolute atomic E-state index is 0.0159. The van der Waals surface area contributed by atoms with Gasteiger partial charge in [-0.1, -0.05) is 18.2 Å². The Labute approximate surface area is 189 Å². The van der Waals surface area contributed by atoms with Crippen LogP contribution < -0.4 is 10.2 Å². The second kappa shape index (κ2) is 9.07. The van der Waals surface area contributed by atoms with Crippen molar-refractivity contribution in [3.8, 4) is 0 Å². The van der Waals surface area contributed by atoms with Gasteiger partial charge in [0.15, 0.2) is 0 Å². The van der Waals surface area contributed by atoms with Gasteiger partial charge in [-0.2, -0.15) is 0 Å². The fraction of sp³-hybridized carbons (Fsp3) is 0.609. The Bertz CT molecular complexity index is 819. The lowest BCUT2D eigenvalue weighted by atomic mass is 9.84. The number of nitrogens with one attached hydrogen (secondary N) is 1. The number of rotatable bonds is 6. The fourth-order valence-corrected chi connectivity index (χ4v) is 4.54. The number of amides is 3. The molecule has 3 rings (SSSR count). The summed E-state index contributed by atoms with van der Waals surface area (Å²) in [4.78, 5) is 44.4. The van der Waals surface area contributed by atoms with Crippen LogP contribution in [0.4, 0.5) is 5.69 Å². The normalized spacial score (nSPS) is 18.8. The molecule has 31 heavy (non-hydrogen) atoms. The summed E-state index contributed by atoms with van der Waals surface area (Å²) in [6.07, 6.45) is 1.04. The average Bonchev–Trinajstić information content (AvgIpc) is 3.00. The summed E-state index contributed by atoms with van der Waals surface area (Å²) in [6.45, 7) is 8.85. The van der Waals surface area contributed by atoms with Crippen LogP contribution in [0.2, 0.25) is 0 Å². The molecule has 1 spiro atoms. The standard InChI is InChI=1S/C23H33ClN4O3/c1-17(2)25-19(29)14-27-16-28(18-8-6-5-7-9-18)23(21(27)31)10-12-26(13-11-23)20(30)22(3,4)15-24/h5-9,17H,10-16H2,1-4H3,(H,25,29). The molecular formula is C23H33ClN4O3. The molecule has 3 amide bonds. The molecule has 8 heteroatoms. The highest BCUT2D eigenvalue weighted by Gasteiger charge is 2.54. The van der Waals surface area contributed by atoms with E-state index in [2.05, 4.69) is 10.2 Å². The summed E-state index contributed by atoms with van der Waals surface area (Å²) in [7, 11) is 0. The highest BCUT2D eigenvalue weighted by molar-refractivity contribution is 6.19. The van der Waals surface area contributed by atoms with E-state index in [1.54, 1.807) is 4.90 Å². The molecule has 2 aliphatic rings. The first kappa shape index (κ1) is 23.4. The van der Waals surface area contributed by atoms with Crippen LogP contribution in [0, 0.1) is 5.41 Å². The Hall–Kier alpha value is -2.28. The zero-order valence-corrected chi connectivity index (χ0v) is 19.6. The van der Waals surface area contributed by atoms with Crippen LogP contribution in [0.15, 0.2) is 30.3 Å². The number of carbonyl (C=O) groups is 3. The molecule has 1 aromatic rings. The summed E-state index contributed by atoms with van der Waals surface area (Å²) in [5, 5.41) is 2.86. The lowest BCUT2D eigenvalue weighted by molar-refractivity contribution is -0.144. The Morgan fingerprint density at radius 1 is 1.16 bits per heavy atom. The molecule has 2 aliphatic heterocycles. The van der Waals surface area contributed by atoms with E-state index in [-0.39, 0.29) is 36.2 Å². The van der Waals surface area contributed by atoms with Crippen molar-refractivity contribution in [1.29, 1.82) is 0 Å². The minimum atomic E-state index is -0.749. The molecule has 1 N–H and O–H groups in total. The third-order valence-electron chi connectivity index (χ3n) is 6.16. The Kier molecular flexibility index (Phi) is 6.84. The van der Waals surface area contributed by atoms with Gasteiger partial charge < -0.3 is 20.0 Å².